The number of pyridine rings is 1. The van der Waals surface area contributed by atoms with Crippen molar-refractivity contribution in [2.75, 3.05) is 0 Å². The van der Waals surface area contributed by atoms with E-state index in [4.69, 9.17) is 0 Å². The van der Waals surface area contributed by atoms with Gasteiger partial charge in [-0.05, 0) is 23.9 Å². The third-order valence-corrected chi connectivity index (χ3v) is 4.31. The summed E-state index contributed by atoms with van der Waals surface area (Å²) in [6.07, 6.45) is 1.93. The molecule has 1 aliphatic rings. The fraction of sp³-hybridized carbons (Fsp3) is 0.125. The molecule has 0 aliphatic carbocycles. The van der Waals surface area contributed by atoms with Crippen molar-refractivity contribution >= 4 is 27.3 Å². The van der Waals surface area contributed by atoms with Gasteiger partial charge in [-0.15, -0.1) is 4.68 Å². The quantitative estimate of drug-likeness (QED) is 0.304. The molecule has 0 N–H and O–H groups in total. The van der Waals surface area contributed by atoms with Gasteiger partial charge in [0.15, 0.2) is 0 Å². The lowest BCUT2D eigenvalue weighted by Gasteiger charge is -2.05. The van der Waals surface area contributed by atoms with Gasteiger partial charge in [-0.25, -0.2) is 0 Å². The SMILES string of the molecule is Cc1ccc2c3ccccc3[n+]3cnn4c3c2c1C4. The van der Waals surface area contributed by atoms with Gasteiger partial charge in [0.05, 0.1) is 5.39 Å². The van der Waals surface area contributed by atoms with Gasteiger partial charge in [-0.3, -0.25) is 0 Å². The molecule has 3 nitrogen and oxygen atoms in total. The molecule has 0 saturated heterocycles. The molecule has 5 rings (SSSR count). The van der Waals surface area contributed by atoms with Crippen LogP contribution in [0.2, 0.25) is 0 Å². The largest absolute Gasteiger partial charge is 0.273 e. The number of hydrogen-bond donors (Lipinski definition) is 0. The molecule has 0 radical (unpaired) electrons. The molecule has 4 aromatic rings. The maximum atomic E-state index is 4.54. The molecule has 19 heavy (non-hydrogen) atoms. The molecule has 0 amide bonds. The van der Waals surface area contributed by atoms with Crippen molar-refractivity contribution in [1.29, 1.82) is 0 Å². The predicted octanol–water partition coefficient (Wildman–Crippen LogP) is 2.60. The van der Waals surface area contributed by atoms with Gasteiger partial charge >= 0.3 is 0 Å². The van der Waals surface area contributed by atoms with E-state index in [9.17, 15) is 0 Å². The molecule has 0 atom stereocenters. The summed E-state index contributed by atoms with van der Waals surface area (Å²) in [4.78, 5) is 0. The molecule has 90 valence electrons. The summed E-state index contributed by atoms with van der Waals surface area (Å²) >= 11 is 0. The van der Waals surface area contributed by atoms with Gasteiger partial charge < -0.3 is 0 Å². The molecular weight excluding hydrogens is 234 g/mol. The van der Waals surface area contributed by atoms with E-state index in [1.54, 1.807) is 0 Å². The Bertz CT molecular complexity index is 995. The Hall–Kier alpha value is -2.42. The second-order valence-corrected chi connectivity index (χ2v) is 5.28. The Kier molecular flexibility index (Phi) is 1.47. The molecule has 3 heterocycles. The number of rotatable bonds is 0. The Morgan fingerprint density at radius 2 is 2.00 bits per heavy atom. The molecule has 0 spiro atoms. The van der Waals surface area contributed by atoms with Crippen molar-refractivity contribution in [1.82, 2.24) is 9.78 Å². The summed E-state index contributed by atoms with van der Waals surface area (Å²) in [6.45, 7) is 3.08. The van der Waals surface area contributed by atoms with Crippen LogP contribution in [-0.2, 0) is 6.54 Å². The summed E-state index contributed by atoms with van der Waals surface area (Å²) < 4.78 is 4.32. The molecule has 0 unspecified atom stereocenters. The van der Waals surface area contributed by atoms with Gasteiger partial charge in [0.2, 0.25) is 0 Å². The van der Waals surface area contributed by atoms with Crippen molar-refractivity contribution in [2.24, 2.45) is 0 Å². The number of benzene rings is 2. The maximum Gasteiger partial charge on any atom is 0.273 e. The molecule has 2 aromatic carbocycles. The van der Waals surface area contributed by atoms with Crippen molar-refractivity contribution in [3.05, 3.63) is 53.9 Å². The van der Waals surface area contributed by atoms with E-state index < -0.39 is 0 Å². The zero-order valence-electron chi connectivity index (χ0n) is 10.6. The van der Waals surface area contributed by atoms with Gasteiger partial charge in [-0.2, -0.15) is 4.40 Å². The Morgan fingerprint density at radius 1 is 1.11 bits per heavy atom. The van der Waals surface area contributed by atoms with Crippen molar-refractivity contribution in [2.45, 2.75) is 13.5 Å². The number of hydrogen-bond acceptors (Lipinski definition) is 1. The van der Waals surface area contributed by atoms with Crippen LogP contribution in [0.4, 0.5) is 0 Å². The van der Waals surface area contributed by atoms with Gasteiger partial charge in [0.25, 0.3) is 12.0 Å². The average molecular weight is 246 g/mol. The number of para-hydroxylation sites is 1. The van der Waals surface area contributed by atoms with Gasteiger partial charge in [0, 0.05) is 16.0 Å². The van der Waals surface area contributed by atoms with Gasteiger partial charge in [-0.1, -0.05) is 30.3 Å². The summed E-state index contributed by atoms with van der Waals surface area (Å²) in [5.41, 5.74) is 5.24. The Balaban J connectivity index is 2.26. The summed E-state index contributed by atoms with van der Waals surface area (Å²) in [5, 5.41) is 8.55. The molecule has 1 aliphatic heterocycles. The minimum Gasteiger partial charge on any atom is -0.196 e. The molecule has 0 fully saturated rings. The first-order valence-corrected chi connectivity index (χ1v) is 6.55. The Labute approximate surface area is 109 Å². The standard InChI is InChI=1S/C16H12N3/c1-10-6-7-12-11-4-2-3-5-14(11)18-9-17-19-8-13(10)15(12)16(18)19/h2-7,9H,8H2,1H3/q+1. The predicted molar refractivity (Wildman–Crippen MR) is 74.2 cm³/mol. The lowest BCUT2D eigenvalue weighted by atomic mass is 9.99. The summed E-state index contributed by atoms with van der Waals surface area (Å²) in [5.74, 6) is 0. The number of aryl methyl sites for hydroxylation is 1. The highest BCUT2D eigenvalue weighted by Crippen LogP contribution is 2.34. The number of aromatic nitrogens is 3. The van der Waals surface area contributed by atoms with Crippen LogP contribution in [0.25, 0.3) is 27.3 Å². The smallest absolute Gasteiger partial charge is 0.196 e. The van der Waals surface area contributed by atoms with Crippen molar-refractivity contribution in [3.63, 3.8) is 0 Å². The minimum absolute atomic E-state index is 0.894. The minimum atomic E-state index is 0.894. The first-order valence-electron chi connectivity index (χ1n) is 6.55. The second-order valence-electron chi connectivity index (χ2n) is 5.28. The van der Waals surface area contributed by atoms with Crippen LogP contribution < -0.4 is 4.40 Å². The van der Waals surface area contributed by atoms with Crippen LogP contribution in [0.3, 0.4) is 0 Å². The highest BCUT2D eigenvalue weighted by Gasteiger charge is 2.28. The first-order chi connectivity index (χ1) is 9.34. The lowest BCUT2D eigenvalue weighted by Crippen LogP contribution is -2.20. The molecule has 3 heteroatoms. The van der Waals surface area contributed by atoms with Crippen LogP contribution in [0.1, 0.15) is 11.1 Å². The summed E-state index contributed by atoms with van der Waals surface area (Å²) in [7, 11) is 0. The fourth-order valence-electron chi connectivity index (χ4n) is 3.39. The Morgan fingerprint density at radius 3 is 2.95 bits per heavy atom. The van der Waals surface area contributed by atoms with Crippen molar-refractivity contribution in [3.8, 4) is 0 Å². The van der Waals surface area contributed by atoms with E-state index in [2.05, 4.69) is 57.5 Å². The monoisotopic (exact) mass is 246 g/mol. The van der Waals surface area contributed by atoms with Crippen LogP contribution >= 0.6 is 0 Å². The highest BCUT2D eigenvalue weighted by molar-refractivity contribution is 6.11. The van der Waals surface area contributed by atoms with E-state index in [1.165, 1.54) is 38.4 Å². The van der Waals surface area contributed by atoms with E-state index >= 15 is 0 Å². The number of fused-ring (bicyclic) bond motifs is 3. The van der Waals surface area contributed by atoms with Crippen LogP contribution in [0.15, 0.2) is 42.7 Å². The van der Waals surface area contributed by atoms with Crippen LogP contribution in [0, 0.1) is 6.92 Å². The summed E-state index contributed by atoms with van der Waals surface area (Å²) in [6, 6.07) is 13.0. The second kappa shape index (κ2) is 2.94. The normalized spacial score (nSPS) is 13.3. The van der Waals surface area contributed by atoms with Gasteiger partial charge in [0.1, 0.15) is 12.1 Å². The fourth-order valence-corrected chi connectivity index (χ4v) is 3.39. The van der Waals surface area contributed by atoms with E-state index in [0.29, 0.717) is 0 Å². The van der Waals surface area contributed by atoms with E-state index in [0.717, 1.165) is 6.54 Å². The van der Waals surface area contributed by atoms with E-state index in [-0.39, 0.29) is 0 Å². The molecular formula is C16H12N3+. The highest BCUT2D eigenvalue weighted by atomic mass is 15.4. The topological polar surface area (TPSA) is 21.9 Å². The molecule has 2 aromatic heterocycles. The lowest BCUT2D eigenvalue weighted by molar-refractivity contribution is -0.480. The molecule has 0 saturated carbocycles. The van der Waals surface area contributed by atoms with E-state index in [1.807, 2.05) is 6.33 Å². The maximum absolute atomic E-state index is 4.54. The zero-order valence-corrected chi connectivity index (χ0v) is 10.6. The third-order valence-electron chi connectivity index (χ3n) is 4.31. The van der Waals surface area contributed by atoms with Crippen molar-refractivity contribution < 1.29 is 4.40 Å². The average Bonchev–Trinajstić information content (AvgIpc) is 3.01. The molecule has 0 bridgehead atoms. The van der Waals surface area contributed by atoms with Crippen LogP contribution in [0.5, 0.6) is 0 Å². The third kappa shape index (κ3) is 0.964. The first kappa shape index (κ1) is 9.50. The zero-order chi connectivity index (χ0) is 12.6. The number of nitrogens with zero attached hydrogens (tertiary/aromatic N) is 3. The van der Waals surface area contributed by atoms with Crippen LogP contribution in [-0.4, -0.2) is 9.78 Å².